The van der Waals surface area contributed by atoms with Gasteiger partial charge in [-0.1, -0.05) is 24.3 Å². The lowest BCUT2D eigenvalue weighted by atomic mass is 9.66. The van der Waals surface area contributed by atoms with Crippen LogP contribution in [0.3, 0.4) is 0 Å². The lowest BCUT2D eigenvalue weighted by Gasteiger charge is -2.40. The summed E-state index contributed by atoms with van der Waals surface area (Å²) < 4.78 is 0. The second-order valence-corrected chi connectivity index (χ2v) is 9.56. The van der Waals surface area contributed by atoms with Gasteiger partial charge in [0.25, 0.3) is 0 Å². The molecule has 0 saturated heterocycles. The van der Waals surface area contributed by atoms with Crippen molar-refractivity contribution in [1.29, 1.82) is 0 Å². The summed E-state index contributed by atoms with van der Waals surface area (Å²) in [6, 6.07) is 8.96. The Morgan fingerprint density at radius 2 is 1.85 bits per heavy atom. The largest absolute Gasteiger partial charge is 0.323 e. The Labute approximate surface area is 160 Å². The Balaban J connectivity index is 1.23. The molecule has 2 N–H and O–H groups in total. The Bertz CT molecular complexity index is 776. The summed E-state index contributed by atoms with van der Waals surface area (Å²) >= 11 is 1.86. The summed E-state index contributed by atoms with van der Waals surface area (Å²) in [5.74, 6) is 2.68. The molecule has 0 bridgehead atoms. The summed E-state index contributed by atoms with van der Waals surface area (Å²) in [5.41, 5.74) is 11.0. The molecular formula is C22H27N3S. The third-order valence-electron chi connectivity index (χ3n) is 6.80. The molecule has 0 amide bonds. The lowest BCUT2D eigenvalue weighted by molar-refractivity contribution is 0.148. The second-order valence-electron chi connectivity index (χ2n) is 8.52. The fraction of sp³-hybridized carbons (Fsp3) is 0.545. The van der Waals surface area contributed by atoms with Gasteiger partial charge in [0.1, 0.15) is 5.03 Å². The van der Waals surface area contributed by atoms with Gasteiger partial charge in [0.05, 0.1) is 11.9 Å². The molecule has 26 heavy (non-hydrogen) atoms. The Morgan fingerprint density at radius 3 is 2.54 bits per heavy atom. The highest BCUT2D eigenvalue weighted by Gasteiger charge is 2.46. The first-order chi connectivity index (χ1) is 12.7. The van der Waals surface area contributed by atoms with Gasteiger partial charge < -0.3 is 5.73 Å². The molecule has 2 aromatic rings. The van der Waals surface area contributed by atoms with Crippen molar-refractivity contribution in [2.45, 2.75) is 61.9 Å². The zero-order valence-electron chi connectivity index (χ0n) is 15.2. The van der Waals surface area contributed by atoms with E-state index in [0.29, 0.717) is 5.92 Å². The van der Waals surface area contributed by atoms with Crippen LogP contribution >= 0.6 is 11.8 Å². The van der Waals surface area contributed by atoms with E-state index >= 15 is 0 Å². The van der Waals surface area contributed by atoms with E-state index in [9.17, 15) is 0 Å². The Morgan fingerprint density at radius 1 is 1.04 bits per heavy atom. The van der Waals surface area contributed by atoms with Crippen molar-refractivity contribution in [3.05, 3.63) is 53.5 Å². The minimum Gasteiger partial charge on any atom is -0.323 e. The summed E-state index contributed by atoms with van der Waals surface area (Å²) in [7, 11) is 0. The average Bonchev–Trinajstić information content (AvgIpc) is 3.48. The molecule has 1 aromatic heterocycles. The molecular weight excluding hydrogens is 338 g/mol. The van der Waals surface area contributed by atoms with E-state index in [1.165, 1.54) is 61.1 Å². The van der Waals surface area contributed by atoms with Gasteiger partial charge in [-0.15, -0.1) is 11.8 Å². The summed E-state index contributed by atoms with van der Waals surface area (Å²) in [6.45, 7) is 0. The molecule has 1 atom stereocenters. The first-order valence-electron chi connectivity index (χ1n) is 10.0. The molecule has 0 radical (unpaired) electrons. The highest BCUT2D eigenvalue weighted by Crippen LogP contribution is 2.55. The third-order valence-corrected chi connectivity index (χ3v) is 7.95. The highest BCUT2D eigenvalue weighted by molar-refractivity contribution is 7.99. The van der Waals surface area contributed by atoms with Crippen LogP contribution in [0.15, 0.2) is 41.7 Å². The van der Waals surface area contributed by atoms with Gasteiger partial charge in [0, 0.05) is 23.9 Å². The smallest absolute Gasteiger partial charge is 0.114 e. The number of hydrogen-bond donors (Lipinski definition) is 1. The highest BCUT2D eigenvalue weighted by atomic mass is 32.2. The van der Waals surface area contributed by atoms with Gasteiger partial charge in [0.2, 0.25) is 0 Å². The number of benzene rings is 1. The normalized spacial score (nSPS) is 30.5. The standard InChI is InChI=1S/C22H27N3S/c23-21-18-4-2-1-3-17(18)11-22(21)9-7-16(8-10-22)19-12-25-20(13-24-19)26-14-15-5-6-15/h1-4,12-13,15-16,21H,5-11,14,23H2/t16-,21-,22+/m1/s1. The van der Waals surface area contributed by atoms with Gasteiger partial charge in [-0.3, -0.25) is 4.98 Å². The Kier molecular flexibility index (Phi) is 4.29. The minimum atomic E-state index is 0.201. The quantitative estimate of drug-likeness (QED) is 0.785. The molecule has 136 valence electrons. The van der Waals surface area contributed by atoms with Crippen LogP contribution in [-0.2, 0) is 6.42 Å². The Hall–Kier alpha value is -1.39. The molecule has 1 heterocycles. The van der Waals surface area contributed by atoms with Gasteiger partial charge in [-0.05, 0) is 67.4 Å². The molecule has 4 heteroatoms. The van der Waals surface area contributed by atoms with Gasteiger partial charge in [-0.2, -0.15) is 0 Å². The number of fused-ring (bicyclic) bond motifs is 1. The number of rotatable bonds is 4. The van der Waals surface area contributed by atoms with Gasteiger partial charge >= 0.3 is 0 Å². The van der Waals surface area contributed by atoms with Crippen molar-refractivity contribution in [1.82, 2.24) is 9.97 Å². The fourth-order valence-corrected chi connectivity index (χ4v) is 5.89. The molecule has 1 aromatic carbocycles. The zero-order valence-corrected chi connectivity index (χ0v) is 16.0. The number of nitrogens with two attached hydrogens (primary N) is 1. The van der Waals surface area contributed by atoms with Crippen LogP contribution in [0.4, 0.5) is 0 Å². The van der Waals surface area contributed by atoms with Crippen LogP contribution < -0.4 is 5.73 Å². The van der Waals surface area contributed by atoms with E-state index in [1.54, 1.807) is 0 Å². The monoisotopic (exact) mass is 365 g/mol. The SMILES string of the molecule is N[C@@H]1c2ccccc2C[C@]12CC[C@H](c1cnc(SCC3CC3)cn1)CC2. The summed E-state index contributed by atoms with van der Waals surface area (Å²) in [5, 5.41) is 1.08. The van der Waals surface area contributed by atoms with Crippen molar-refractivity contribution in [3.63, 3.8) is 0 Å². The van der Waals surface area contributed by atoms with Gasteiger partial charge in [-0.25, -0.2) is 4.98 Å². The van der Waals surface area contributed by atoms with Crippen LogP contribution in [0.25, 0.3) is 0 Å². The topological polar surface area (TPSA) is 51.8 Å². The molecule has 3 nitrogen and oxygen atoms in total. The number of nitrogens with zero attached hydrogens (tertiary/aromatic N) is 2. The van der Waals surface area contributed by atoms with E-state index in [0.717, 1.165) is 17.4 Å². The van der Waals surface area contributed by atoms with E-state index in [4.69, 9.17) is 10.7 Å². The van der Waals surface area contributed by atoms with Crippen LogP contribution in [0.5, 0.6) is 0 Å². The number of hydrogen-bond acceptors (Lipinski definition) is 4. The minimum absolute atomic E-state index is 0.201. The zero-order chi connectivity index (χ0) is 17.6. The average molecular weight is 366 g/mol. The predicted octanol–water partition coefficient (Wildman–Crippen LogP) is 4.88. The molecule has 5 rings (SSSR count). The predicted molar refractivity (Wildman–Crippen MR) is 106 cm³/mol. The summed E-state index contributed by atoms with van der Waals surface area (Å²) in [4.78, 5) is 9.43. The maximum atomic E-state index is 6.69. The molecule has 1 spiro atoms. The fourth-order valence-electron chi connectivity index (χ4n) is 4.89. The van der Waals surface area contributed by atoms with Gasteiger partial charge in [0.15, 0.2) is 0 Å². The third kappa shape index (κ3) is 3.07. The van der Waals surface area contributed by atoms with Crippen LogP contribution in [-0.4, -0.2) is 15.7 Å². The summed E-state index contributed by atoms with van der Waals surface area (Å²) in [6.07, 6.45) is 12.7. The van der Waals surface area contributed by atoms with Crippen LogP contribution in [0.1, 0.15) is 67.3 Å². The van der Waals surface area contributed by atoms with Crippen molar-refractivity contribution < 1.29 is 0 Å². The first-order valence-corrected chi connectivity index (χ1v) is 11.0. The molecule has 2 fully saturated rings. The van der Waals surface area contributed by atoms with E-state index < -0.39 is 0 Å². The van der Waals surface area contributed by atoms with Crippen molar-refractivity contribution in [2.24, 2.45) is 17.1 Å². The second kappa shape index (κ2) is 6.65. The van der Waals surface area contributed by atoms with Crippen molar-refractivity contribution >= 4 is 11.8 Å². The molecule has 0 unspecified atom stereocenters. The maximum Gasteiger partial charge on any atom is 0.114 e. The van der Waals surface area contributed by atoms with Crippen LogP contribution in [0, 0.1) is 11.3 Å². The molecule has 2 saturated carbocycles. The van der Waals surface area contributed by atoms with Crippen LogP contribution in [0.2, 0.25) is 0 Å². The maximum absolute atomic E-state index is 6.69. The number of aromatic nitrogens is 2. The van der Waals surface area contributed by atoms with Crippen molar-refractivity contribution in [2.75, 3.05) is 5.75 Å². The lowest BCUT2D eigenvalue weighted by Crippen LogP contribution is -2.35. The van der Waals surface area contributed by atoms with E-state index in [2.05, 4.69) is 29.2 Å². The van der Waals surface area contributed by atoms with E-state index in [-0.39, 0.29) is 11.5 Å². The first kappa shape index (κ1) is 16.8. The molecule has 3 aliphatic rings. The molecule has 0 aliphatic heterocycles. The molecule has 3 aliphatic carbocycles. The van der Waals surface area contributed by atoms with Crippen molar-refractivity contribution in [3.8, 4) is 0 Å². The number of thioether (sulfide) groups is 1. The van der Waals surface area contributed by atoms with E-state index in [1.807, 2.05) is 24.2 Å².